The molecule has 0 saturated heterocycles. The number of carbonyl (C=O) groups is 1. The lowest BCUT2D eigenvalue weighted by Gasteiger charge is -2.22. The summed E-state index contributed by atoms with van der Waals surface area (Å²) in [5.41, 5.74) is 2.25. The van der Waals surface area contributed by atoms with Gasteiger partial charge in [-0.1, -0.05) is 30.3 Å². The first-order valence-electron chi connectivity index (χ1n) is 9.21. The summed E-state index contributed by atoms with van der Waals surface area (Å²) in [6, 6.07) is 8.08. The van der Waals surface area contributed by atoms with Crippen molar-refractivity contribution in [2.24, 2.45) is 0 Å². The molecule has 1 amide bonds. The van der Waals surface area contributed by atoms with Gasteiger partial charge in [-0.05, 0) is 17.2 Å². The topological polar surface area (TPSA) is 96.4 Å². The Morgan fingerprint density at radius 3 is 2.23 bits per heavy atom. The maximum absolute atomic E-state index is 13.2. The highest BCUT2D eigenvalue weighted by molar-refractivity contribution is 7.90. The van der Waals surface area contributed by atoms with E-state index in [1.54, 1.807) is 30.5 Å². The van der Waals surface area contributed by atoms with Gasteiger partial charge in [0.15, 0.2) is 0 Å². The van der Waals surface area contributed by atoms with Gasteiger partial charge in [-0.25, -0.2) is 12.8 Å². The van der Waals surface area contributed by atoms with Crippen LogP contribution in [0.5, 0.6) is 0 Å². The molecule has 2 atom stereocenters. The van der Waals surface area contributed by atoms with Crippen LogP contribution in [0, 0.1) is 0 Å². The molecule has 1 aromatic carbocycles. The third-order valence-corrected chi connectivity index (χ3v) is 5.34. The summed E-state index contributed by atoms with van der Waals surface area (Å²) in [5, 5.41) is 12.1. The van der Waals surface area contributed by atoms with Gasteiger partial charge in [0.2, 0.25) is 5.91 Å². The summed E-state index contributed by atoms with van der Waals surface area (Å²) >= 11 is 0. The van der Waals surface area contributed by atoms with Crippen LogP contribution in [0.2, 0.25) is 0 Å². The smallest absolute Gasteiger partial charge is 0.386 e. The summed E-state index contributed by atoms with van der Waals surface area (Å²) in [7, 11) is -3.10. The lowest BCUT2D eigenvalue weighted by Crippen LogP contribution is -2.42. The zero-order valence-corrected chi connectivity index (χ0v) is 17.4. The first kappa shape index (κ1) is 24.7. The predicted molar refractivity (Wildman–Crippen MR) is 107 cm³/mol. The minimum Gasteiger partial charge on any atom is -0.386 e. The Bertz CT molecular complexity index is 978. The number of aliphatic hydroxyl groups excluding tert-OH is 1. The van der Waals surface area contributed by atoms with E-state index in [9.17, 15) is 35.9 Å². The number of aromatic nitrogens is 1. The average Bonchev–Trinajstić information content (AvgIpc) is 2.68. The quantitative estimate of drug-likeness (QED) is 0.559. The molecule has 11 heteroatoms. The molecule has 6 nitrogen and oxygen atoms in total. The molecule has 2 N–H and O–H groups in total. The molecule has 0 unspecified atom stereocenters. The van der Waals surface area contributed by atoms with Crippen LogP contribution in [-0.4, -0.2) is 55.3 Å². The van der Waals surface area contributed by atoms with E-state index in [0.717, 1.165) is 6.26 Å². The second-order valence-corrected chi connectivity index (χ2v) is 9.36. The highest BCUT2D eigenvalue weighted by atomic mass is 32.2. The maximum Gasteiger partial charge on any atom is 0.397 e. The van der Waals surface area contributed by atoms with Gasteiger partial charge in [0.25, 0.3) is 0 Å². The van der Waals surface area contributed by atoms with Crippen LogP contribution in [0.4, 0.5) is 17.6 Å². The van der Waals surface area contributed by atoms with Gasteiger partial charge in [0.05, 0.1) is 11.8 Å². The number of sulfone groups is 1. The third-order valence-electron chi connectivity index (χ3n) is 4.39. The van der Waals surface area contributed by atoms with Gasteiger partial charge in [-0.15, -0.1) is 0 Å². The van der Waals surface area contributed by atoms with Crippen molar-refractivity contribution in [3.05, 3.63) is 53.9 Å². The second-order valence-electron chi connectivity index (χ2n) is 7.11. The van der Waals surface area contributed by atoms with Crippen LogP contribution >= 0.6 is 0 Å². The van der Waals surface area contributed by atoms with Gasteiger partial charge >= 0.3 is 6.18 Å². The van der Waals surface area contributed by atoms with E-state index in [1.807, 2.05) is 5.32 Å². The molecule has 1 heterocycles. The number of aliphatic hydroxyl groups is 1. The first-order chi connectivity index (χ1) is 14.4. The molecule has 0 aliphatic rings. The summed E-state index contributed by atoms with van der Waals surface area (Å²) in [5.74, 6) is -1.44. The Balaban J connectivity index is 2.05. The minimum atomic E-state index is -4.73. The van der Waals surface area contributed by atoms with Crippen LogP contribution in [0.3, 0.4) is 0 Å². The van der Waals surface area contributed by atoms with Crippen molar-refractivity contribution in [1.82, 2.24) is 10.3 Å². The van der Waals surface area contributed by atoms with Crippen molar-refractivity contribution in [3.63, 3.8) is 0 Å². The van der Waals surface area contributed by atoms with E-state index >= 15 is 0 Å². The zero-order valence-electron chi connectivity index (χ0n) is 16.6. The summed E-state index contributed by atoms with van der Waals surface area (Å²) in [4.78, 5) is 15.6. The molecule has 2 aromatic rings. The van der Waals surface area contributed by atoms with Gasteiger partial charge < -0.3 is 10.4 Å². The Kier molecular flexibility index (Phi) is 8.13. The van der Waals surface area contributed by atoms with E-state index < -0.39 is 47.2 Å². The molecular formula is C20H22F4N2O4S. The summed E-state index contributed by atoms with van der Waals surface area (Å²) in [6.07, 6.45) is -5.03. The fourth-order valence-corrected chi connectivity index (χ4v) is 3.36. The number of aryl methyl sites for hydroxylation is 1. The number of rotatable bonds is 9. The minimum absolute atomic E-state index is 0.0127. The van der Waals surface area contributed by atoms with Crippen molar-refractivity contribution >= 4 is 15.7 Å². The van der Waals surface area contributed by atoms with Crippen LogP contribution in [0.15, 0.2) is 42.6 Å². The summed E-state index contributed by atoms with van der Waals surface area (Å²) in [6.45, 7) is -1.24. The number of carbonyl (C=O) groups excluding carboxylic acids is 1. The van der Waals surface area contributed by atoms with E-state index in [1.165, 1.54) is 12.1 Å². The number of benzene rings is 1. The average molecular weight is 462 g/mol. The van der Waals surface area contributed by atoms with Crippen molar-refractivity contribution in [2.75, 3.05) is 18.7 Å². The summed E-state index contributed by atoms with van der Waals surface area (Å²) < 4.78 is 72.4. The number of amides is 1. The molecule has 170 valence electrons. The number of hydrogen-bond acceptors (Lipinski definition) is 5. The molecule has 0 radical (unpaired) electrons. The normalized spacial score (nSPS) is 14.1. The Morgan fingerprint density at radius 2 is 1.74 bits per heavy atom. The number of halogens is 4. The molecular weight excluding hydrogens is 440 g/mol. The van der Waals surface area contributed by atoms with Crippen LogP contribution in [-0.2, 0) is 21.1 Å². The second kappa shape index (κ2) is 10.2. The lowest BCUT2D eigenvalue weighted by molar-refractivity contribution is -0.154. The van der Waals surface area contributed by atoms with Crippen LogP contribution < -0.4 is 5.32 Å². The maximum atomic E-state index is 13.2. The van der Waals surface area contributed by atoms with Crippen molar-refractivity contribution in [2.45, 2.75) is 31.2 Å². The number of hydrogen-bond donors (Lipinski definition) is 2. The molecule has 0 aliphatic carbocycles. The molecule has 0 spiro atoms. The van der Waals surface area contributed by atoms with Gasteiger partial charge in [-0.2, -0.15) is 13.2 Å². The van der Waals surface area contributed by atoms with Gasteiger partial charge in [0.1, 0.15) is 29.0 Å². The zero-order chi connectivity index (χ0) is 23.2. The molecule has 2 rings (SSSR count). The first-order valence-corrected chi connectivity index (χ1v) is 11.3. The number of nitrogens with one attached hydrogen (secondary N) is 1. The van der Waals surface area contributed by atoms with E-state index in [0.29, 0.717) is 16.8 Å². The van der Waals surface area contributed by atoms with E-state index in [2.05, 4.69) is 4.98 Å². The van der Waals surface area contributed by atoms with Gasteiger partial charge in [-0.3, -0.25) is 9.78 Å². The van der Waals surface area contributed by atoms with Crippen LogP contribution in [0.1, 0.15) is 23.8 Å². The fourth-order valence-electron chi connectivity index (χ4n) is 2.78. The predicted octanol–water partition coefficient (Wildman–Crippen LogP) is 2.78. The standard InChI is InChI=1S/C20H22F4N2O4S/c1-31(29,30)9-8-16-7-6-15(12-25-16)13-2-4-14(5-3-13)19(28)17(11-21)26-18(27)10-20(22,23)24/h2-7,12,17,19,28H,8-11H2,1H3,(H,26,27)/t17-,19-/m1/s1. The SMILES string of the molecule is CS(=O)(=O)CCc1ccc(-c2ccc([C@@H](O)[C@@H](CF)NC(=O)CC(F)(F)F)cc2)cn1. The molecule has 1 aromatic heterocycles. The fraction of sp³-hybridized carbons (Fsp3) is 0.400. The largest absolute Gasteiger partial charge is 0.397 e. The van der Waals surface area contributed by atoms with Crippen molar-refractivity contribution in [1.29, 1.82) is 0 Å². The van der Waals surface area contributed by atoms with Crippen molar-refractivity contribution in [3.8, 4) is 11.1 Å². The number of pyridine rings is 1. The Labute approximate surface area is 177 Å². The lowest BCUT2D eigenvalue weighted by atomic mass is 9.99. The molecule has 31 heavy (non-hydrogen) atoms. The number of alkyl halides is 4. The van der Waals surface area contributed by atoms with Crippen molar-refractivity contribution < 1.29 is 35.9 Å². The Hall–Kier alpha value is -2.53. The Morgan fingerprint density at radius 1 is 1.13 bits per heavy atom. The van der Waals surface area contributed by atoms with Gasteiger partial charge in [0, 0.05) is 30.1 Å². The molecule has 0 fully saturated rings. The monoisotopic (exact) mass is 462 g/mol. The van der Waals surface area contributed by atoms with Crippen LogP contribution in [0.25, 0.3) is 11.1 Å². The molecule has 0 aliphatic heterocycles. The highest BCUT2D eigenvalue weighted by Crippen LogP contribution is 2.24. The van der Waals surface area contributed by atoms with E-state index in [-0.39, 0.29) is 17.7 Å². The third kappa shape index (κ3) is 8.25. The number of nitrogens with zero attached hydrogens (tertiary/aromatic N) is 1. The van der Waals surface area contributed by atoms with E-state index in [4.69, 9.17) is 0 Å². The highest BCUT2D eigenvalue weighted by Gasteiger charge is 2.33. The molecule has 0 saturated carbocycles. The molecule has 0 bridgehead atoms.